The highest BCUT2D eigenvalue weighted by molar-refractivity contribution is 9.08. The molecule has 0 atom stereocenters. The predicted octanol–water partition coefficient (Wildman–Crippen LogP) is 1.94. The van der Waals surface area contributed by atoms with Crippen LogP contribution >= 0.6 is 15.9 Å². The maximum absolute atomic E-state index is 12.6. The Hall–Kier alpha value is 0.326. The average Bonchev–Trinajstić information content (AvgIpc) is 1.94. The van der Waals surface area contributed by atoms with Gasteiger partial charge in [-0.25, -0.2) is 8.78 Å². The van der Waals surface area contributed by atoms with E-state index in [4.69, 9.17) is 0 Å². The Morgan fingerprint density at radius 1 is 1.27 bits per heavy atom. The third-order valence-electron chi connectivity index (χ3n) is 1.15. The summed E-state index contributed by atoms with van der Waals surface area (Å²) in [4.78, 5) is 0. The lowest BCUT2D eigenvalue weighted by molar-refractivity contribution is 0.591. The van der Waals surface area contributed by atoms with Crippen molar-refractivity contribution in [2.24, 2.45) is 0 Å². The zero-order valence-corrected chi connectivity index (χ0v) is 6.66. The molecule has 0 radical (unpaired) electrons. The minimum atomic E-state index is -0.407. The zero-order chi connectivity index (χ0) is 7.56. The Kier molecular flexibility index (Phi) is 5.21. The molecule has 0 nitrogen and oxygen atoms in total. The van der Waals surface area contributed by atoms with E-state index in [-0.39, 0.29) is 28.9 Å². The Bertz CT molecular complexity index is 240. The van der Waals surface area contributed by atoms with Gasteiger partial charge >= 0.3 is 23.1 Å². The number of alkyl halides is 1. The molecule has 1 aromatic carbocycles. The number of rotatable bonds is 1. The quantitative estimate of drug-likeness (QED) is 0.514. The SMILES string of the molecule is Fc1ccc(F)c(CBr)c1.[MgH2]. The van der Waals surface area contributed by atoms with Crippen molar-refractivity contribution in [1.29, 1.82) is 0 Å². The van der Waals surface area contributed by atoms with Crippen LogP contribution in [0.15, 0.2) is 18.2 Å². The molecule has 0 N–H and O–H groups in total. The van der Waals surface area contributed by atoms with Gasteiger partial charge in [0.25, 0.3) is 0 Å². The normalized spacial score (nSPS) is 9.00. The van der Waals surface area contributed by atoms with Crippen LogP contribution in [0.3, 0.4) is 0 Å². The Labute approximate surface area is 88.3 Å². The first kappa shape index (κ1) is 11.3. The van der Waals surface area contributed by atoms with Crippen molar-refractivity contribution in [2.45, 2.75) is 5.33 Å². The molecule has 58 valence electrons. The van der Waals surface area contributed by atoms with Crippen LogP contribution in [-0.2, 0) is 5.33 Å². The van der Waals surface area contributed by atoms with Crippen molar-refractivity contribution in [2.75, 3.05) is 0 Å². The van der Waals surface area contributed by atoms with Gasteiger partial charge in [0.2, 0.25) is 0 Å². The number of benzene rings is 1. The predicted molar refractivity (Wildman–Crippen MR) is 47.5 cm³/mol. The smallest absolute Gasteiger partial charge is 0.207 e. The van der Waals surface area contributed by atoms with E-state index < -0.39 is 5.82 Å². The minimum absolute atomic E-state index is 0. The third-order valence-corrected chi connectivity index (χ3v) is 1.76. The van der Waals surface area contributed by atoms with Gasteiger partial charge in [-0.15, -0.1) is 0 Å². The lowest BCUT2D eigenvalue weighted by atomic mass is 10.2. The van der Waals surface area contributed by atoms with Crippen molar-refractivity contribution >= 4 is 39.0 Å². The maximum atomic E-state index is 12.6. The first-order valence-electron chi connectivity index (χ1n) is 2.74. The lowest BCUT2D eigenvalue weighted by Crippen LogP contribution is -1.86. The molecular formula is C7H7BrF2Mg. The molecule has 4 heteroatoms. The summed E-state index contributed by atoms with van der Waals surface area (Å²) in [6.45, 7) is 0. The Morgan fingerprint density at radius 3 is 2.36 bits per heavy atom. The molecule has 0 unspecified atom stereocenters. The zero-order valence-electron chi connectivity index (χ0n) is 5.07. The van der Waals surface area contributed by atoms with Crippen LogP contribution in [-0.4, -0.2) is 23.1 Å². The monoisotopic (exact) mass is 232 g/mol. The number of halogens is 3. The molecule has 0 aliphatic rings. The summed E-state index contributed by atoms with van der Waals surface area (Å²) >= 11 is 3.04. The van der Waals surface area contributed by atoms with Crippen molar-refractivity contribution in [3.05, 3.63) is 35.4 Å². The van der Waals surface area contributed by atoms with Crippen LogP contribution < -0.4 is 0 Å². The van der Waals surface area contributed by atoms with Gasteiger partial charge in [-0.2, -0.15) is 0 Å². The van der Waals surface area contributed by atoms with Gasteiger partial charge in [0.15, 0.2) is 0 Å². The van der Waals surface area contributed by atoms with E-state index in [1.54, 1.807) is 0 Å². The van der Waals surface area contributed by atoms with Crippen molar-refractivity contribution in [3.63, 3.8) is 0 Å². The van der Waals surface area contributed by atoms with Crippen LogP contribution in [0.2, 0.25) is 0 Å². The van der Waals surface area contributed by atoms with Crippen molar-refractivity contribution < 1.29 is 8.78 Å². The van der Waals surface area contributed by atoms with Crippen LogP contribution in [0, 0.1) is 11.6 Å². The van der Waals surface area contributed by atoms with Gasteiger partial charge in [-0.05, 0) is 18.2 Å². The topological polar surface area (TPSA) is 0 Å². The molecule has 0 aliphatic heterocycles. The van der Waals surface area contributed by atoms with Gasteiger partial charge in [-0.1, -0.05) is 15.9 Å². The fraction of sp³-hybridized carbons (Fsp3) is 0.143. The van der Waals surface area contributed by atoms with E-state index in [0.29, 0.717) is 10.9 Å². The fourth-order valence-corrected chi connectivity index (χ4v) is 1.08. The Balaban J connectivity index is 0.000001000. The van der Waals surface area contributed by atoms with Crippen molar-refractivity contribution in [3.8, 4) is 0 Å². The van der Waals surface area contributed by atoms with E-state index in [1.165, 1.54) is 6.07 Å². The summed E-state index contributed by atoms with van der Waals surface area (Å²) in [6, 6.07) is 3.39. The summed E-state index contributed by atoms with van der Waals surface area (Å²) in [6.07, 6.45) is 0. The standard InChI is InChI=1S/C7H5BrF2.Mg.2H/c8-4-5-3-6(9)1-2-7(5)10;;;/h1-3H,4H2;;;. The minimum Gasteiger partial charge on any atom is -0.207 e. The average molecular weight is 233 g/mol. The van der Waals surface area contributed by atoms with E-state index in [2.05, 4.69) is 15.9 Å². The molecule has 0 spiro atoms. The highest BCUT2D eigenvalue weighted by atomic mass is 79.9. The summed E-state index contributed by atoms with van der Waals surface area (Å²) in [5.41, 5.74) is 0.347. The van der Waals surface area contributed by atoms with Crippen molar-refractivity contribution in [1.82, 2.24) is 0 Å². The molecule has 0 saturated carbocycles. The van der Waals surface area contributed by atoms with E-state index in [1.807, 2.05) is 0 Å². The second kappa shape index (κ2) is 5.06. The Morgan fingerprint density at radius 2 is 1.91 bits per heavy atom. The number of hydrogen-bond donors (Lipinski definition) is 0. The summed E-state index contributed by atoms with van der Waals surface area (Å²) in [7, 11) is 0. The molecule has 0 aliphatic carbocycles. The highest BCUT2D eigenvalue weighted by Gasteiger charge is 2.00. The van der Waals surface area contributed by atoms with Crippen LogP contribution in [0.5, 0.6) is 0 Å². The van der Waals surface area contributed by atoms with Gasteiger partial charge < -0.3 is 0 Å². The highest BCUT2D eigenvalue weighted by Crippen LogP contribution is 2.12. The van der Waals surface area contributed by atoms with E-state index in [0.717, 1.165) is 12.1 Å². The van der Waals surface area contributed by atoms with Crippen LogP contribution in [0.25, 0.3) is 0 Å². The molecule has 11 heavy (non-hydrogen) atoms. The second-order valence-electron chi connectivity index (χ2n) is 1.87. The second-order valence-corrected chi connectivity index (χ2v) is 2.43. The molecule has 0 fully saturated rings. The number of hydrogen-bond acceptors (Lipinski definition) is 0. The summed E-state index contributed by atoms with van der Waals surface area (Å²) < 4.78 is 24.9. The lowest BCUT2D eigenvalue weighted by Gasteiger charge is -1.96. The molecule has 0 amide bonds. The van der Waals surface area contributed by atoms with Crippen LogP contribution in [0.1, 0.15) is 5.56 Å². The maximum Gasteiger partial charge on any atom is 0.316 e. The summed E-state index contributed by atoms with van der Waals surface area (Å²) in [5, 5.41) is 0.344. The largest absolute Gasteiger partial charge is 0.316 e. The van der Waals surface area contributed by atoms with Gasteiger partial charge in [-0.3, -0.25) is 0 Å². The van der Waals surface area contributed by atoms with Gasteiger partial charge in [0.05, 0.1) is 0 Å². The molecule has 0 aromatic heterocycles. The van der Waals surface area contributed by atoms with Crippen LogP contribution in [0.4, 0.5) is 8.78 Å². The fourth-order valence-electron chi connectivity index (χ4n) is 0.646. The molecule has 0 heterocycles. The molecular weight excluding hydrogens is 226 g/mol. The first-order chi connectivity index (χ1) is 4.74. The molecule has 1 aromatic rings. The third kappa shape index (κ3) is 3.05. The van der Waals surface area contributed by atoms with E-state index >= 15 is 0 Å². The van der Waals surface area contributed by atoms with Gasteiger partial charge in [0, 0.05) is 10.9 Å². The van der Waals surface area contributed by atoms with Gasteiger partial charge in [0.1, 0.15) is 11.6 Å². The molecule has 0 saturated heterocycles. The molecule has 0 bridgehead atoms. The molecule has 1 rings (SSSR count). The summed E-state index contributed by atoms with van der Waals surface area (Å²) in [5.74, 6) is -0.783. The first-order valence-corrected chi connectivity index (χ1v) is 3.86. The van der Waals surface area contributed by atoms with E-state index in [9.17, 15) is 8.78 Å².